The molecule has 0 aliphatic carbocycles. The van der Waals surface area contributed by atoms with Crippen LogP contribution in [0.15, 0.2) is 60.8 Å². The Balaban J connectivity index is 1.78. The number of carbonyl (C=O) groups is 1. The molecule has 3 nitrogen and oxygen atoms in total. The Morgan fingerprint density at radius 2 is 1.90 bits per heavy atom. The fourth-order valence-electron chi connectivity index (χ4n) is 2.29. The molecule has 20 heavy (non-hydrogen) atoms. The highest BCUT2D eigenvalue weighted by Crippen LogP contribution is 2.17. The third-order valence-electron chi connectivity index (χ3n) is 3.49. The lowest BCUT2D eigenvalue weighted by molar-refractivity contribution is -0.117. The van der Waals surface area contributed by atoms with Crippen LogP contribution < -0.4 is 4.90 Å². The maximum atomic E-state index is 12.3. The first kappa shape index (κ1) is 12.5. The van der Waals surface area contributed by atoms with Gasteiger partial charge in [0.25, 0.3) is 0 Å². The third-order valence-corrected chi connectivity index (χ3v) is 3.49. The summed E-state index contributed by atoms with van der Waals surface area (Å²) in [5, 5.41) is 1.16. The number of anilines is 1. The Morgan fingerprint density at radius 1 is 1.10 bits per heavy atom. The summed E-state index contributed by atoms with van der Waals surface area (Å²) in [5.74, 6) is 0.0853. The number of rotatable bonds is 3. The van der Waals surface area contributed by atoms with E-state index in [9.17, 15) is 4.79 Å². The van der Waals surface area contributed by atoms with Gasteiger partial charge in [-0.25, -0.2) is 0 Å². The highest BCUT2D eigenvalue weighted by Gasteiger charge is 2.11. The quantitative estimate of drug-likeness (QED) is 0.773. The maximum Gasteiger partial charge on any atom is 0.231 e. The summed E-state index contributed by atoms with van der Waals surface area (Å²) in [6.07, 6.45) is 2.31. The van der Waals surface area contributed by atoms with E-state index >= 15 is 0 Å². The van der Waals surface area contributed by atoms with Crippen molar-refractivity contribution in [3.8, 4) is 0 Å². The van der Waals surface area contributed by atoms with Gasteiger partial charge in [0.15, 0.2) is 0 Å². The fraction of sp³-hybridized carbons (Fsp3) is 0.118. The van der Waals surface area contributed by atoms with Crippen LogP contribution in [0.5, 0.6) is 0 Å². The van der Waals surface area contributed by atoms with E-state index in [0.29, 0.717) is 6.42 Å². The van der Waals surface area contributed by atoms with Gasteiger partial charge in [0.05, 0.1) is 6.42 Å². The highest BCUT2D eigenvalue weighted by atomic mass is 16.2. The monoisotopic (exact) mass is 264 g/mol. The summed E-state index contributed by atoms with van der Waals surface area (Å²) in [6.45, 7) is 0. The van der Waals surface area contributed by atoms with Crippen molar-refractivity contribution < 1.29 is 4.79 Å². The Morgan fingerprint density at radius 3 is 2.70 bits per heavy atom. The molecular formula is C17H16N2O. The molecule has 0 atom stereocenters. The van der Waals surface area contributed by atoms with Crippen LogP contribution >= 0.6 is 0 Å². The normalized spacial score (nSPS) is 10.7. The van der Waals surface area contributed by atoms with Crippen LogP contribution in [-0.4, -0.2) is 17.9 Å². The number of aromatic nitrogens is 1. The topological polar surface area (TPSA) is 36.1 Å². The van der Waals surface area contributed by atoms with Gasteiger partial charge in [-0.15, -0.1) is 0 Å². The summed E-state index contributed by atoms with van der Waals surface area (Å²) < 4.78 is 0. The van der Waals surface area contributed by atoms with Gasteiger partial charge in [0.2, 0.25) is 5.91 Å². The second-order valence-electron chi connectivity index (χ2n) is 4.86. The Hall–Kier alpha value is -2.55. The lowest BCUT2D eigenvalue weighted by Crippen LogP contribution is -2.27. The molecule has 1 N–H and O–H groups in total. The number of H-pyrrole nitrogens is 1. The molecule has 1 aromatic heterocycles. The number of aromatic amines is 1. The summed E-state index contributed by atoms with van der Waals surface area (Å²) in [6, 6.07) is 17.8. The predicted octanol–water partition coefficient (Wildman–Crippen LogP) is 3.37. The van der Waals surface area contributed by atoms with E-state index in [1.165, 1.54) is 0 Å². The summed E-state index contributed by atoms with van der Waals surface area (Å²) in [7, 11) is 1.81. The van der Waals surface area contributed by atoms with Crippen LogP contribution in [0.3, 0.4) is 0 Å². The zero-order valence-electron chi connectivity index (χ0n) is 11.3. The first-order chi connectivity index (χ1) is 9.74. The van der Waals surface area contributed by atoms with E-state index in [2.05, 4.69) is 4.98 Å². The number of amides is 1. The highest BCUT2D eigenvalue weighted by molar-refractivity contribution is 5.94. The van der Waals surface area contributed by atoms with Crippen LogP contribution in [0.1, 0.15) is 5.56 Å². The fourth-order valence-corrected chi connectivity index (χ4v) is 2.29. The van der Waals surface area contributed by atoms with Crippen molar-refractivity contribution >= 4 is 22.5 Å². The van der Waals surface area contributed by atoms with Crippen molar-refractivity contribution in [3.63, 3.8) is 0 Å². The van der Waals surface area contributed by atoms with E-state index in [4.69, 9.17) is 0 Å². The van der Waals surface area contributed by atoms with Crippen molar-refractivity contribution in [3.05, 3.63) is 66.4 Å². The number of carbonyl (C=O) groups excluding carboxylic acids is 1. The molecule has 3 heteroatoms. The zero-order valence-corrected chi connectivity index (χ0v) is 11.3. The molecule has 0 fully saturated rings. The molecular weight excluding hydrogens is 248 g/mol. The van der Waals surface area contributed by atoms with Crippen LogP contribution in [0.4, 0.5) is 5.69 Å². The van der Waals surface area contributed by atoms with Gasteiger partial charge in [-0.2, -0.15) is 0 Å². The van der Waals surface area contributed by atoms with E-state index in [1.807, 2.05) is 67.8 Å². The average molecular weight is 264 g/mol. The minimum Gasteiger partial charge on any atom is -0.361 e. The van der Waals surface area contributed by atoms with Gasteiger partial charge in [0.1, 0.15) is 0 Å². The summed E-state index contributed by atoms with van der Waals surface area (Å²) in [4.78, 5) is 17.2. The molecule has 0 aliphatic heterocycles. The predicted molar refractivity (Wildman–Crippen MR) is 81.9 cm³/mol. The molecule has 3 rings (SSSR count). The molecule has 0 saturated heterocycles. The number of hydrogen-bond acceptors (Lipinski definition) is 1. The first-order valence-corrected chi connectivity index (χ1v) is 6.62. The van der Waals surface area contributed by atoms with Gasteiger partial charge < -0.3 is 9.88 Å². The SMILES string of the molecule is CN(C(=O)Cc1ccc2cc[nH]c2c1)c1ccccc1. The van der Waals surface area contributed by atoms with E-state index in [1.54, 1.807) is 4.90 Å². The molecule has 0 unspecified atom stereocenters. The molecule has 0 bridgehead atoms. The van der Waals surface area contributed by atoms with Crippen LogP contribution in [0.2, 0.25) is 0 Å². The molecule has 0 saturated carbocycles. The minimum absolute atomic E-state index is 0.0853. The largest absolute Gasteiger partial charge is 0.361 e. The second-order valence-corrected chi connectivity index (χ2v) is 4.86. The number of fused-ring (bicyclic) bond motifs is 1. The molecule has 0 spiro atoms. The maximum absolute atomic E-state index is 12.3. The Labute approximate surface area is 117 Å². The van der Waals surface area contributed by atoms with Gasteiger partial charge in [0, 0.05) is 24.4 Å². The number of para-hydroxylation sites is 1. The van der Waals surface area contributed by atoms with E-state index in [0.717, 1.165) is 22.2 Å². The number of likely N-dealkylation sites (N-methyl/N-ethyl adjacent to an activating group) is 1. The Kier molecular flexibility index (Phi) is 3.25. The van der Waals surface area contributed by atoms with E-state index in [-0.39, 0.29) is 5.91 Å². The molecule has 3 aromatic rings. The molecule has 1 heterocycles. The lowest BCUT2D eigenvalue weighted by Gasteiger charge is -2.17. The number of hydrogen-bond donors (Lipinski definition) is 1. The van der Waals surface area contributed by atoms with Crippen molar-refractivity contribution in [2.45, 2.75) is 6.42 Å². The summed E-state index contributed by atoms with van der Waals surface area (Å²) >= 11 is 0. The second kappa shape index (κ2) is 5.21. The van der Waals surface area contributed by atoms with Crippen LogP contribution in [-0.2, 0) is 11.2 Å². The third kappa shape index (κ3) is 2.43. The van der Waals surface area contributed by atoms with Crippen molar-refractivity contribution in [2.75, 3.05) is 11.9 Å². The van der Waals surface area contributed by atoms with Crippen molar-refractivity contribution in [1.82, 2.24) is 4.98 Å². The van der Waals surface area contributed by atoms with Gasteiger partial charge in [-0.1, -0.05) is 30.3 Å². The van der Waals surface area contributed by atoms with Gasteiger partial charge in [-0.05, 0) is 35.2 Å². The van der Waals surface area contributed by atoms with Crippen molar-refractivity contribution in [2.24, 2.45) is 0 Å². The van der Waals surface area contributed by atoms with Crippen LogP contribution in [0.25, 0.3) is 10.9 Å². The number of nitrogens with zero attached hydrogens (tertiary/aromatic N) is 1. The standard InChI is InChI=1S/C17H16N2O/c1-19(15-5-3-2-4-6-15)17(20)12-13-7-8-14-9-10-18-16(14)11-13/h2-11,18H,12H2,1H3. The average Bonchev–Trinajstić information content (AvgIpc) is 2.95. The van der Waals surface area contributed by atoms with Gasteiger partial charge in [-0.3, -0.25) is 4.79 Å². The molecule has 0 radical (unpaired) electrons. The molecule has 100 valence electrons. The van der Waals surface area contributed by atoms with Gasteiger partial charge >= 0.3 is 0 Å². The minimum atomic E-state index is 0.0853. The summed E-state index contributed by atoms with van der Waals surface area (Å²) in [5.41, 5.74) is 3.00. The smallest absolute Gasteiger partial charge is 0.231 e. The molecule has 2 aromatic carbocycles. The molecule has 0 aliphatic rings. The number of benzene rings is 2. The van der Waals surface area contributed by atoms with Crippen molar-refractivity contribution in [1.29, 1.82) is 0 Å². The lowest BCUT2D eigenvalue weighted by atomic mass is 10.1. The zero-order chi connectivity index (χ0) is 13.9. The molecule has 1 amide bonds. The Bertz CT molecular complexity index is 731. The van der Waals surface area contributed by atoms with E-state index < -0.39 is 0 Å². The number of nitrogens with one attached hydrogen (secondary N) is 1. The van der Waals surface area contributed by atoms with Crippen LogP contribution in [0, 0.1) is 0 Å². The first-order valence-electron chi connectivity index (χ1n) is 6.62.